The van der Waals surface area contributed by atoms with Crippen molar-refractivity contribution in [3.05, 3.63) is 53.9 Å². The Balaban J connectivity index is 1.84. The molecule has 0 amide bonds. The Labute approximate surface area is 162 Å². The van der Waals surface area contributed by atoms with Crippen LogP contribution in [0, 0.1) is 5.92 Å². The second-order valence-corrected chi connectivity index (χ2v) is 9.00. The van der Waals surface area contributed by atoms with Gasteiger partial charge in [0.15, 0.2) is 0 Å². The van der Waals surface area contributed by atoms with E-state index in [0.717, 1.165) is 17.7 Å². The normalized spacial score (nSPS) is 15.6. The first-order chi connectivity index (χ1) is 13.1. The van der Waals surface area contributed by atoms with Gasteiger partial charge in [-0.15, -0.1) is 0 Å². The van der Waals surface area contributed by atoms with Gasteiger partial charge in [-0.3, -0.25) is 4.98 Å². The molecule has 1 saturated carbocycles. The lowest BCUT2D eigenvalue weighted by atomic mass is 9.84. The summed E-state index contributed by atoms with van der Waals surface area (Å²) in [6.45, 7) is 2.81. The predicted molar refractivity (Wildman–Crippen MR) is 109 cm³/mol. The van der Waals surface area contributed by atoms with Crippen molar-refractivity contribution in [1.29, 1.82) is 0 Å². The molecular formula is C21H29N3O2S. The number of nitrogens with zero attached hydrogens (tertiary/aromatic N) is 1. The molecule has 1 heterocycles. The zero-order chi connectivity index (χ0) is 19.1. The molecule has 0 unspecified atom stereocenters. The Morgan fingerprint density at radius 3 is 2.52 bits per heavy atom. The lowest BCUT2D eigenvalue weighted by Crippen LogP contribution is -2.23. The molecule has 2 N–H and O–H groups in total. The van der Waals surface area contributed by atoms with E-state index < -0.39 is 10.0 Å². The third kappa shape index (κ3) is 5.53. The van der Waals surface area contributed by atoms with Crippen molar-refractivity contribution in [3.63, 3.8) is 0 Å². The zero-order valence-electron chi connectivity index (χ0n) is 15.9. The monoisotopic (exact) mass is 387 g/mol. The maximum absolute atomic E-state index is 12.4. The number of anilines is 1. The van der Waals surface area contributed by atoms with Crippen LogP contribution in [0.1, 0.15) is 50.2 Å². The van der Waals surface area contributed by atoms with Crippen LogP contribution in [0.4, 0.5) is 5.69 Å². The SMILES string of the molecule is CCNS(=O)(=O)c1ccc(CC2CCCCC2)c(NCc2ccncc2)c1. The van der Waals surface area contributed by atoms with Gasteiger partial charge in [-0.1, -0.05) is 45.1 Å². The number of aromatic nitrogens is 1. The maximum Gasteiger partial charge on any atom is 0.240 e. The van der Waals surface area contributed by atoms with Crippen LogP contribution in [0.2, 0.25) is 0 Å². The van der Waals surface area contributed by atoms with Gasteiger partial charge < -0.3 is 5.32 Å². The summed E-state index contributed by atoms with van der Waals surface area (Å²) < 4.78 is 27.4. The van der Waals surface area contributed by atoms with Crippen LogP contribution in [0.25, 0.3) is 0 Å². The number of pyridine rings is 1. The largest absolute Gasteiger partial charge is 0.381 e. The first kappa shape index (κ1) is 19.8. The van der Waals surface area contributed by atoms with Crippen LogP contribution in [0.5, 0.6) is 0 Å². The Morgan fingerprint density at radius 2 is 1.81 bits per heavy atom. The fourth-order valence-electron chi connectivity index (χ4n) is 3.74. The molecule has 2 aromatic rings. The summed E-state index contributed by atoms with van der Waals surface area (Å²) in [6, 6.07) is 9.42. The van der Waals surface area contributed by atoms with Crippen molar-refractivity contribution in [2.75, 3.05) is 11.9 Å². The highest BCUT2D eigenvalue weighted by molar-refractivity contribution is 7.89. The van der Waals surface area contributed by atoms with E-state index in [4.69, 9.17) is 0 Å². The quantitative estimate of drug-likeness (QED) is 0.715. The summed E-state index contributed by atoms with van der Waals surface area (Å²) in [6.07, 6.45) is 11.0. The molecule has 0 spiro atoms. The second-order valence-electron chi connectivity index (χ2n) is 7.24. The molecule has 5 nitrogen and oxygen atoms in total. The van der Waals surface area contributed by atoms with Crippen LogP contribution in [0.3, 0.4) is 0 Å². The number of benzene rings is 1. The molecular weight excluding hydrogens is 358 g/mol. The summed E-state index contributed by atoms with van der Waals surface area (Å²) in [5, 5.41) is 3.45. The van der Waals surface area contributed by atoms with Gasteiger partial charge >= 0.3 is 0 Å². The number of hydrogen-bond donors (Lipinski definition) is 2. The molecule has 6 heteroatoms. The lowest BCUT2D eigenvalue weighted by Gasteiger charge is -2.23. The minimum absolute atomic E-state index is 0.314. The molecule has 1 aromatic heterocycles. The van der Waals surface area contributed by atoms with Gasteiger partial charge in [-0.05, 0) is 47.7 Å². The first-order valence-electron chi connectivity index (χ1n) is 9.84. The van der Waals surface area contributed by atoms with Gasteiger partial charge in [-0.25, -0.2) is 13.1 Å². The van der Waals surface area contributed by atoms with Crippen LogP contribution in [0.15, 0.2) is 47.6 Å². The average molecular weight is 388 g/mol. The number of sulfonamides is 1. The predicted octanol–water partition coefficient (Wildman–Crippen LogP) is 4.11. The smallest absolute Gasteiger partial charge is 0.240 e. The molecule has 1 aromatic carbocycles. The van der Waals surface area contributed by atoms with Crippen LogP contribution < -0.4 is 10.0 Å². The van der Waals surface area contributed by atoms with E-state index in [9.17, 15) is 8.42 Å². The molecule has 1 fully saturated rings. The number of nitrogens with one attached hydrogen (secondary N) is 2. The Hall–Kier alpha value is -1.92. The Kier molecular flexibility index (Phi) is 6.85. The minimum atomic E-state index is -3.47. The fraction of sp³-hybridized carbons (Fsp3) is 0.476. The van der Waals surface area contributed by atoms with E-state index in [1.165, 1.54) is 37.7 Å². The van der Waals surface area contributed by atoms with Crippen LogP contribution in [-0.2, 0) is 23.0 Å². The van der Waals surface area contributed by atoms with Gasteiger partial charge in [0.1, 0.15) is 0 Å². The Morgan fingerprint density at radius 1 is 1.07 bits per heavy atom. The molecule has 0 saturated heterocycles. The zero-order valence-corrected chi connectivity index (χ0v) is 16.8. The van der Waals surface area contributed by atoms with Crippen molar-refractivity contribution in [3.8, 4) is 0 Å². The van der Waals surface area contributed by atoms with E-state index in [0.29, 0.717) is 23.9 Å². The molecule has 27 heavy (non-hydrogen) atoms. The molecule has 146 valence electrons. The van der Waals surface area contributed by atoms with Crippen LogP contribution in [-0.4, -0.2) is 19.9 Å². The molecule has 0 bridgehead atoms. The van der Waals surface area contributed by atoms with Crippen LogP contribution >= 0.6 is 0 Å². The standard InChI is InChI=1S/C21H29N3O2S/c1-2-24-27(25,26)20-9-8-19(14-17-6-4-3-5-7-17)21(15-20)23-16-18-10-12-22-13-11-18/h8-13,15,17,23-24H,2-7,14,16H2,1H3. The van der Waals surface area contributed by atoms with Crippen molar-refractivity contribution < 1.29 is 8.42 Å². The third-order valence-electron chi connectivity index (χ3n) is 5.19. The molecule has 0 aliphatic heterocycles. The van der Waals surface area contributed by atoms with Crippen molar-refractivity contribution in [1.82, 2.24) is 9.71 Å². The summed E-state index contributed by atoms with van der Waals surface area (Å²) in [7, 11) is -3.47. The van der Waals surface area contributed by atoms with Gasteiger partial charge in [0.2, 0.25) is 10.0 Å². The molecule has 0 radical (unpaired) electrons. The number of rotatable bonds is 8. The minimum Gasteiger partial charge on any atom is -0.381 e. The summed E-state index contributed by atoms with van der Waals surface area (Å²) >= 11 is 0. The van der Waals surface area contributed by atoms with E-state index >= 15 is 0 Å². The van der Waals surface area contributed by atoms with Gasteiger partial charge in [0.25, 0.3) is 0 Å². The van der Waals surface area contributed by atoms with E-state index in [1.807, 2.05) is 18.2 Å². The van der Waals surface area contributed by atoms with Gasteiger partial charge in [0.05, 0.1) is 4.90 Å². The molecule has 1 aliphatic rings. The average Bonchev–Trinajstić information content (AvgIpc) is 2.68. The lowest BCUT2D eigenvalue weighted by molar-refractivity contribution is 0.357. The van der Waals surface area contributed by atoms with E-state index in [2.05, 4.69) is 15.0 Å². The van der Waals surface area contributed by atoms with Crippen molar-refractivity contribution in [2.24, 2.45) is 5.92 Å². The van der Waals surface area contributed by atoms with Gasteiger partial charge in [-0.2, -0.15) is 0 Å². The number of hydrogen-bond acceptors (Lipinski definition) is 4. The highest BCUT2D eigenvalue weighted by Crippen LogP contribution is 2.30. The Bertz CT molecular complexity index is 832. The molecule has 0 atom stereocenters. The summed E-state index contributed by atoms with van der Waals surface area (Å²) in [5.74, 6) is 0.691. The van der Waals surface area contributed by atoms with Gasteiger partial charge in [0, 0.05) is 31.2 Å². The third-order valence-corrected chi connectivity index (χ3v) is 6.73. The maximum atomic E-state index is 12.4. The highest BCUT2D eigenvalue weighted by Gasteiger charge is 2.19. The first-order valence-corrected chi connectivity index (χ1v) is 11.3. The second kappa shape index (κ2) is 9.33. The highest BCUT2D eigenvalue weighted by atomic mass is 32.2. The fourth-order valence-corrected chi connectivity index (χ4v) is 4.81. The van der Waals surface area contributed by atoms with Crippen molar-refractivity contribution in [2.45, 2.75) is 56.9 Å². The summed E-state index contributed by atoms with van der Waals surface area (Å²) in [5.41, 5.74) is 3.23. The summed E-state index contributed by atoms with van der Waals surface area (Å²) in [4.78, 5) is 4.36. The van der Waals surface area contributed by atoms with E-state index in [-0.39, 0.29) is 0 Å². The molecule has 1 aliphatic carbocycles. The van der Waals surface area contributed by atoms with E-state index in [1.54, 1.807) is 31.5 Å². The molecule has 3 rings (SSSR count). The topological polar surface area (TPSA) is 71.1 Å². The van der Waals surface area contributed by atoms with Crippen molar-refractivity contribution >= 4 is 15.7 Å².